The van der Waals surface area contributed by atoms with Crippen LogP contribution < -0.4 is 0 Å². The quantitative estimate of drug-likeness (QED) is 0.340. The van der Waals surface area contributed by atoms with Gasteiger partial charge in [-0.15, -0.1) is 0 Å². The zero-order valence-electron chi connectivity index (χ0n) is 2.82. The second-order valence-corrected chi connectivity index (χ2v) is 0. The van der Waals surface area contributed by atoms with Gasteiger partial charge in [-0.1, -0.05) is 0 Å². The maximum Gasteiger partial charge on any atom is 0 e. The zero-order chi connectivity index (χ0) is 0. The molecule has 6 heteroatoms. The summed E-state index contributed by atoms with van der Waals surface area (Å²) in [5.74, 6) is 0. The molecule has 4 nitrogen and oxygen atoms in total. The zero-order valence-corrected chi connectivity index (χ0v) is 4.09. The molecule has 0 saturated heterocycles. The van der Waals surface area contributed by atoms with Gasteiger partial charge in [0.25, 0.3) is 0 Å². The third kappa shape index (κ3) is 513. The average Bonchev–Trinajstić information content (AvgIpc) is 0. The molecule has 0 aromatic rings. The predicted octanol–water partition coefficient (Wildman–Crippen LogP) is -3.15. The Hall–Kier alpha value is 0.302. The maximum atomic E-state index is 0. The Morgan fingerprint density at radius 2 is 0.500 bits per heavy atom. The molecule has 0 aliphatic carbocycles. The van der Waals surface area contributed by atoms with E-state index < -0.39 is 0 Å². The van der Waals surface area contributed by atoms with Crippen LogP contribution in [0.15, 0.2) is 0 Å². The molecule has 0 aromatic heterocycles. The van der Waals surface area contributed by atoms with Crippen molar-refractivity contribution in [1.29, 1.82) is 0 Å². The van der Waals surface area contributed by atoms with Crippen molar-refractivity contribution in [1.82, 2.24) is 0 Å². The Balaban J connectivity index is 0. The SMILES string of the molecule is F.O.O.O.O.[Cr]. The first-order valence-electron chi connectivity index (χ1n) is 0. The third-order valence-electron chi connectivity index (χ3n) is 0. The van der Waals surface area contributed by atoms with E-state index in [9.17, 15) is 0 Å². The van der Waals surface area contributed by atoms with E-state index in [2.05, 4.69) is 0 Å². The fraction of sp³-hybridized carbons (Fsp3) is 0. The van der Waals surface area contributed by atoms with Crippen LogP contribution >= 0.6 is 0 Å². The van der Waals surface area contributed by atoms with E-state index in [1.807, 2.05) is 0 Å². The minimum atomic E-state index is 0. The Morgan fingerprint density at radius 1 is 0.500 bits per heavy atom. The summed E-state index contributed by atoms with van der Waals surface area (Å²) in [6, 6.07) is 0. The Labute approximate surface area is 44.9 Å². The van der Waals surface area contributed by atoms with E-state index in [0.717, 1.165) is 0 Å². The van der Waals surface area contributed by atoms with Gasteiger partial charge < -0.3 is 21.9 Å². The molecule has 6 heavy (non-hydrogen) atoms. The van der Waals surface area contributed by atoms with Crippen molar-refractivity contribution >= 4 is 0 Å². The standard InChI is InChI=1S/Cr.FH.4H2O/h;1H;4*1H2. The van der Waals surface area contributed by atoms with Gasteiger partial charge in [0.2, 0.25) is 0 Å². The van der Waals surface area contributed by atoms with Crippen LogP contribution in [0.2, 0.25) is 0 Å². The molecule has 8 N–H and O–H groups in total. The first kappa shape index (κ1) is 1940. The maximum absolute atomic E-state index is 0. The van der Waals surface area contributed by atoms with Crippen molar-refractivity contribution in [3.8, 4) is 0 Å². The Kier molecular flexibility index (Phi) is 346000. The fourth-order valence-corrected chi connectivity index (χ4v) is 0. The van der Waals surface area contributed by atoms with Crippen LogP contribution in [0, 0.1) is 0 Å². The third-order valence-corrected chi connectivity index (χ3v) is 0. The molecule has 0 amide bonds. The summed E-state index contributed by atoms with van der Waals surface area (Å²) in [6.45, 7) is 0. The summed E-state index contributed by atoms with van der Waals surface area (Å²) in [7, 11) is 0. The van der Waals surface area contributed by atoms with Crippen molar-refractivity contribution in [3.63, 3.8) is 0 Å². The van der Waals surface area contributed by atoms with Gasteiger partial charge in [-0.3, -0.25) is 4.70 Å². The van der Waals surface area contributed by atoms with Gasteiger partial charge in [-0.25, -0.2) is 0 Å². The molecule has 46 valence electrons. The van der Waals surface area contributed by atoms with Gasteiger partial charge in [0, 0.05) is 17.4 Å². The first-order chi connectivity index (χ1) is 0. The predicted molar refractivity (Wildman–Crippen MR) is 17.0 cm³/mol. The van der Waals surface area contributed by atoms with Crippen LogP contribution in [0.1, 0.15) is 0 Å². The van der Waals surface area contributed by atoms with Gasteiger partial charge in [0.1, 0.15) is 0 Å². The molecule has 0 fully saturated rings. The number of rotatable bonds is 0. The molecule has 0 bridgehead atoms. The fourth-order valence-electron chi connectivity index (χ4n) is 0. The minimum Gasteiger partial charge on any atom is -0.412 e. The van der Waals surface area contributed by atoms with Crippen molar-refractivity contribution in [2.24, 2.45) is 0 Å². The summed E-state index contributed by atoms with van der Waals surface area (Å²) in [6.07, 6.45) is 0. The normalized spacial score (nSPS) is 0. The van der Waals surface area contributed by atoms with E-state index in [1.54, 1.807) is 0 Å². The molecule has 0 spiro atoms. The number of hydrogen-bond acceptors (Lipinski definition) is 0. The largest absolute Gasteiger partial charge is 0.412 e. The number of hydrogen-bond donors (Lipinski definition) is 0. The van der Waals surface area contributed by atoms with Crippen molar-refractivity contribution in [2.75, 3.05) is 0 Å². The van der Waals surface area contributed by atoms with Crippen LogP contribution in [-0.2, 0) is 17.4 Å². The van der Waals surface area contributed by atoms with Crippen molar-refractivity contribution in [3.05, 3.63) is 0 Å². The second-order valence-electron chi connectivity index (χ2n) is 0. The number of halogens is 1. The summed E-state index contributed by atoms with van der Waals surface area (Å²) in [4.78, 5) is 0. The molecule has 0 aromatic carbocycles. The molecule has 0 aliphatic rings. The van der Waals surface area contributed by atoms with Gasteiger partial charge in [0.15, 0.2) is 0 Å². The molecule has 0 saturated carbocycles. The minimum absolute atomic E-state index is 0. The summed E-state index contributed by atoms with van der Waals surface area (Å²) < 4.78 is 0. The van der Waals surface area contributed by atoms with Gasteiger partial charge >= 0.3 is 0 Å². The molecule has 0 atom stereocenters. The van der Waals surface area contributed by atoms with E-state index in [0.29, 0.717) is 0 Å². The molecule has 0 radical (unpaired) electrons. The van der Waals surface area contributed by atoms with E-state index in [4.69, 9.17) is 0 Å². The van der Waals surface area contributed by atoms with Crippen LogP contribution in [0.5, 0.6) is 0 Å². The summed E-state index contributed by atoms with van der Waals surface area (Å²) in [5, 5.41) is 0. The van der Waals surface area contributed by atoms with Crippen LogP contribution in [0.4, 0.5) is 4.70 Å². The monoisotopic (exact) mass is 144 g/mol. The van der Waals surface area contributed by atoms with Crippen LogP contribution in [-0.4, -0.2) is 21.9 Å². The van der Waals surface area contributed by atoms with Gasteiger partial charge in [-0.2, -0.15) is 0 Å². The average molecular weight is 144 g/mol. The van der Waals surface area contributed by atoms with Gasteiger partial charge in [0.05, 0.1) is 0 Å². The van der Waals surface area contributed by atoms with Gasteiger partial charge in [-0.05, 0) is 0 Å². The second kappa shape index (κ2) is 1070. The topological polar surface area (TPSA) is 126 Å². The molecule has 0 unspecified atom stereocenters. The summed E-state index contributed by atoms with van der Waals surface area (Å²) >= 11 is 0. The molecular weight excluding hydrogens is 135 g/mol. The van der Waals surface area contributed by atoms with Crippen molar-refractivity contribution in [2.45, 2.75) is 0 Å². The molecule has 0 aliphatic heterocycles. The van der Waals surface area contributed by atoms with Crippen molar-refractivity contribution < 1.29 is 44.0 Å². The molecule has 0 heterocycles. The first-order valence-corrected chi connectivity index (χ1v) is 0. The van der Waals surface area contributed by atoms with E-state index in [-0.39, 0.29) is 44.0 Å². The Bertz CT molecular complexity index is 7.51. The molecular formula is H9CrFO4. The van der Waals surface area contributed by atoms with E-state index >= 15 is 0 Å². The molecule has 0 rings (SSSR count). The Morgan fingerprint density at radius 3 is 0.500 bits per heavy atom. The van der Waals surface area contributed by atoms with E-state index in [1.165, 1.54) is 0 Å². The smallest absolute Gasteiger partial charge is 0 e. The van der Waals surface area contributed by atoms with Crippen LogP contribution in [0.3, 0.4) is 0 Å². The van der Waals surface area contributed by atoms with Crippen LogP contribution in [0.25, 0.3) is 0 Å². The summed E-state index contributed by atoms with van der Waals surface area (Å²) in [5.41, 5.74) is 0.